The van der Waals surface area contributed by atoms with Crippen LogP contribution in [0.5, 0.6) is 0 Å². The summed E-state index contributed by atoms with van der Waals surface area (Å²) in [5, 5.41) is 0. The zero-order valence-corrected chi connectivity index (χ0v) is 9.76. The summed E-state index contributed by atoms with van der Waals surface area (Å²) in [6.07, 6.45) is 9.71. The molecule has 82 valence electrons. The highest BCUT2D eigenvalue weighted by molar-refractivity contribution is 7.09. The van der Waals surface area contributed by atoms with Gasteiger partial charge in [0.2, 0.25) is 0 Å². The molecule has 2 rings (SSSR count). The molecule has 0 bridgehead atoms. The zero-order chi connectivity index (χ0) is 10.5. The van der Waals surface area contributed by atoms with Gasteiger partial charge in [0.1, 0.15) is 5.78 Å². The molecule has 0 amide bonds. The Morgan fingerprint density at radius 3 is 2.87 bits per heavy atom. The molecule has 1 saturated carbocycles. The molecule has 0 N–H and O–H groups in total. The Morgan fingerprint density at radius 1 is 1.40 bits per heavy atom. The van der Waals surface area contributed by atoms with Gasteiger partial charge in [-0.15, -0.1) is 11.3 Å². The molecule has 1 heterocycles. The Labute approximate surface area is 94.7 Å². The van der Waals surface area contributed by atoms with Gasteiger partial charge >= 0.3 is 0 Å². The maximum atomic E-state index is 11.8. The first-order chi connectivity index (χ1) is 7.34. The number of Topliss-reactive ketones (excluding diaryl/α,β-unsaturated/α-hetero) is 1. The molecule has 0 aromatic carbocycles. The number of carbonyl (C=O) groups is 1. The van der Waals surface area contributed by atoms with Crippen LogP contribution in [0, 0.1) is 5.92 Å². The number of hydrogen-bond donors (Lipinski definition) is 0. The third kappa shape index (κ3) is 3.42. The first-order valence-electron chi connectivity index (χ1n) is 5.73. The molecule has 1 aliphatic carbocycles. The second kappa shape index (κ2) is 5.40. The van der Waals surface area contributed by atoms with E-state index in [0.29, 0.717) is 18.1 Å². The van der Waals surface area contributed by atoms with Crippen molar-refractivity contribution < 1.29 is 4.79 Å². The lowest BCUT2D eigenvalue weighted by Crippen LogP contribution is -2.13. The van der Waals surface area contributed by atoms with E-state index in [0.717, 1.165) is 11.3 Å². The molecule has 1 fully saturated rings. The molecule has 0 aliphatic heterocycles. The van der Waals surface area contributed by atoms with E-state index >= 15 is 0 Å². The molecule has 1 aliphatic rings. The largest absolute Gasteiger partial charge is 0.299 e. The minimum absolute atomic E-state index is 0.395. The van der Waals surface area contributed by atoms with E-state index in [1.54, 1.807) is 16.8 Å². The molecule has 15 heavy (non-hydrogen) atoms. The Balaban J connectivity index is 1.76. The standard InChI is InChI=1S/C12H17NOS/c14-11(7-12-8-13-9-15-12)6-10-4-2-1-3-5-10/h8-10H,1-7H2. The van der Waals surface area contributed by atoms with E-state index < -0.39 is 0 Å². The van der Waals surface area contributed by atoms with Crippen molar-refractivity contribution in [1.82, 2.24) is 4.98 Å². The summed E-state index contributed by atoms with van der Waals surface area (Å²) in [4.78, 5) is 16.9. The minimum Gasteiger partial charge on any atom is -0.299 e. The lowest BCUT2D eigenvalue weighted by Gasteiger charge is -2.20. The Bertz CT molecular complexity index is 301. The maximum absolute atomic E-state index is 11.8. The van der Waals surface area contributed by atoms with Gasteiger partial charge < -0.3 is 0 Å². The van der Waals surface area contributed by atoms with E-state index in [1.807, 2.05) is 6.20 Å². The van der Waals surface area contributed by atoms with E-state index in [9.17, 15) is 4.79 Å². The number of hydrogen-bond acceptors (Lipinski definition) is 3. The predicted molar refractivity (Wildman–Crippen MR) is 62.0 cm³/mol. The zero-order valence-electron chi connectivity index (χ0n) is 8.95. The topological polar surface area (TPSA) is 30.0 Å². The maximum Gasteiger partial charge on any atom is 0.138 e. The van der Waals surface area contributed by atoms with E-state index in [-0.39, 0.29) is 0 Å². The van der Waals surface area contributed by atoms with Crippen LogP contribution in [0.15, 0.2) is 11.7 Å². The average Bonchev–Trinajstić information content (AvgIpc) is 2.71. The summed E-state index contributed by atoms with van der Waals surface area (Å²) in [7, 11) is 0. The monoisotopic (exact) mass is 223 g/mol. The van der Waals surface area contributed by atoms with Crippen LogP contribution >= 0.6 is 11.3 Å². The van der Waals surface area contributed by atoms with Crippen molar-refractivity contribution >= 4 is 17.1 Å². The van der Waals surface area contributed by atoms with Crippen LogP contribution in [0.4, 0.5) is 0 Å². The average molecular weight is 223 g/mol. The van der Waals surface area contributed by atoms with E-state index in [1.165, 1.54) is 32.1 Å². The van der Waals surface area contributed by atoms with Crippen molar-refractivity contribution in [3.05, 3.63) is 16.6 Å². The highest BCUT2D eigenvalue weighted by Crippen LogP contribution is 2.26. The van der Waals surface area contributed by atoms with Gasteiger partial charge in [-0.05, 0) is 5.92 Å². The van der Waals surface area contributed by atoms with Gasteiger partial charge in [-0.25, -0.2) is 0 Å². The van der Waals surface area contributed by atoms with Gasteiger partial charge in [-0.2, -0.15) is 0 Å². The summed E-state index contributed by atoms with van der Waals surface area (Å²) < 4.78 is 0. The molecule has 0 spiro atoms. The van der Waals surface area contributed by atoms with E-state index in [4.69, 9.17) is 0 Å². The fourth-order valence-electron chi connectivity index (χ4n) is 2.31. The number of aromatic nitrogens is 1. The lowest BCUT2D eigenvalue weighted by molar-refractivity contribution is -0.119. The third-order valence-corrected chi connectivity index (χ3v) is 3.88. The molecule has 1 aromatic heterocycles. The molecule has 0 saturated heterocycles. The van der Waals surface area contributed by atoms with Crippen LogP contribution in [-0.2, 0) is 11.2 Å². The van der Waals surface area contributed by atoms with Gasteiger partial charge in [0.15, 0.2) is 0 Å². The van der Waals surface area contributed by atoms with Crippen LogP contribution in [-0.4, -0.2) is 10.8 Å². The number of thiazole rings is 1. The van der Waals surface area contributed by atoms with Gasteiger partial charge in [-0.3, -0.25) is 9.78 Å². The highest BCUT2D eigenvalue weighted by atomic mass is 32.1. The fraction of sp³-hybridized carbons (Fsp3) is 0.667. The second-order valence-corrected chi connectivity index (χ2v) is 5.36. The van der Waals surface area contributed by atoms with Crippen LogP contribution in [0.3, 0.4) is 0 Å². The molecule has 0 radical (unpaired) electrons. The molecular weight excluding hydrogens is 206 g/mol. The van der Waals surface area contributed by atoms with Gasteiger partial charge in [0.05, 0.1) is 5.51 Å². The van der Waals surface area contributed by atoms with Crippen molar-refractivity contribution in [1.29, 1.82) is 0 Å². The molecule has 3 heteroatoms. The lowest BCUT2D eigenvalue weighted by atomic mass is 9.85. The van der Waals surface area contributed by atoms with E-state index in [2.05, 4.69) is 4.98 Å². The summed E-state index contributed by atoms with van der Waals surface area (Å²) in [6, 6.07) is 0. The first-order valence-corrected chi connectivity index (χ1v) is 6.61. The van der Waals surface area contributed by atoms with Crippen LogP contribution < -0.4 is 0 Å². The minimum atomic E-state index is 0.395. The number of nitrogens with zero attached hydrogens (tertiary/aromatic N) is 1. The molecule has 0 atom stereocenters. The highest BCUT2D eigenvalue weighted by Gasteiger charge is 2.17. The quantitative estimate of drug-likeness (QED) is 0.784. The summed E-state index contributed by atoms with van der Waals surface area (Å²) in [6.45, 7) is 0. The Morgan fingerprint density at radius 2 is 2.20 bits per heavy atom. The molecule has 0 unspecified atom stereocenters. The smallest absolute Gasteiger partial charge is 0.138 e. The first kappa shape index (κ1) is 10.8. The van der Waals surface area contributed by atoms with Gasteiger partial charge in [0.25, 0.3) is 0 Å². The van der Waals surface area contributed by atoms with Crippen molar-refractivity contribution in [2.75, 3.05) is 0 Å². The Kier molecular flexibility index (Phi) is 3.89. The van der Waals surface area contributed by atoms with Crippen LogP contribution in [0.2, 0.25) is 0 Å². The van der Waals surface area contributed by atoms with Gasteiger partial charge in [-0.1, -0.05) is 32.1 Å². The number of carbonyl (C=O) groups excluding carboxylic acids is 1. The summed E-state index contributed by atoms with van der Waals surface area (Å²) in [5.74, 6) is 1.06. The summed E-state index contributed by atoms with van der Waals surface area (Å²) >= 11 is 1.58. The Hall–Kier alpha value is -0.700. The molecule has 1 aromatic rings. The van der Waals surface area contributed by atoms with Crippen molar-refractivity contribution in [3.63, 3.8) is 0 Å². The molecular formula is C12H17NOS. The SMILES string of the molecule is O=C(Cc1cncs1)CC1CCCCC1. The summed E-state index contributed by atoms with van der Waals surface area (Å²) in [5.41, 5.74) is 1.79. The number of ketones is 1. The molecule has 2 nitrogen and oxygen atoms in total. The predicted octanol–water partition coefficient (Wildman–Crippen LogP) is 3.23. The number of rotatable bonds is 4. The van der Waals surface area contributed by atoms with Gasteiger partial charge in [0, 0.05) is 23.9 Å². The van der Waals surface area contributed by atoms with Crippen LogP contribution in [0.1, 0.15) is 43.4 Å². The second-order valence-electron chi connectivity index (χ2n) is 4.39. The van der Waals surface area contributed by atoms with Crippen molar-refractivity contribution in [2.45, 2.75) is 44.9 Å². The van der Waals surface area contributed by atoms with Crippen molar-refractivity contribution in [3.8, 4) is 0 Å². The normalized spacial score (nSPS) is 17.9. The fourth-order valence-corrected chi connectivity index (χ4v) is 2.93. The van der Waals surface area contributed by atoms with Crippen LogP contribution in [0.25, 0.3) is 0 Å². The third-order valence-electron chi connectivity index (χ3n) is 3.10. The van der Waals surface area contributed by atoms with Crippen molar-refractivity contribution in [2.24, 2.45) is 5.92 Å².